The minimum atomic E-state index is -0.461. The number of anilines is 1. The van der Waals surface area contributed by atoms with E-state index in [0.29, 0.717) is 6.54 Å². The van der Waals surface area contributed by atoms with Gasteiger partial charge in [-0.3, -0.25) is 0 Å². The molecule has 1 amide bonds. The minimum absolute atomic E-state index is 0.284. The Kier molecular flexibility index (Phi) is 4.70. The van der Waals surface area contributed by atoms with E-state index in [0.717, 1.165) is 25.2 Å². The van der Waals surface area contributed by atoms with Crippen molar-refractivity contribution in [1.29, 1.82) is 0 Å². The lowest BCUT2D eigenvalue weighted by molar-refractivity contribution is 0.0525. The highest BCUT2D eigenvalue weighted by molar-refractivity contribution is 5.67. The number of nitrogens with zero attached hydrogens (tertiary/aromatic N) is 2. The third kappa shape index (κ3) is 4.62. The molecule has 5 heteroatoms. The maximum atomic E-state index is 11.7. The van der Waals surface area contributed by atoms with E-state index < -0.39 is 5.60 Å². The summed E-state index contributed by atoms with van der Waals surface area (Å²) in [6.45, 7) is 9.23. The molecular weight excluding hydrogens is 266 g/mol. The largest absolute Gasteiger partial charge is 0.444 e. The minimum Gasteiger partial charge on any atom is -0.444 e. The maximum absolute atomic E-state index is 11.7. The van der Waals surface area contributed by atoms with Gasteiger partial charge in [-0.2, -0.15) is 0 Å². The van der Waals surface area contributed by atoms with E-state index in [-0.39, 0.29) is 12.1 Å². The third-order valence-electron chi connectivity index (χ3n) is 3.45. The van der Waals surface area contributed by atoms with Gasteiger partial charge in [0.05, 0.1) is 0 Å². The van der Waals surface area contributed by atoms with Crippen LogP contribution in [0.5, 0.6) is 0 Å². The number of ether oxygens (including phenoxy) is 1. The molecular formula is C16H25N3O2. The van der Waals surface area contributed by atoms with Crippen molar-refractivity contribution < 1.29 is 9.53 Å². The molecule has 1 aliphatic heterocycles. The van der Waals surface area contributed by atoms with Crippen molar-refractivity contribution in [3.05, 3.63) is 23.9 Å². The van der Waals surface area contributed by atoms with Crippen molar-refractivity contribution in [2.24, 2.45) is 0 Å². The van der Waals surface area contributed by atoms with E-state index >= 15 is 0 Å². The van der Waals surface area contributed by atoms with Crippen LogP contribution in [-0.4, -0.2) is 35.8 Å². The van der Waals surface area contributed by atoms with Gasteiger partial charge < -0.3 is 15.0 Å². The highest BCUT2D eigenvalue weighted by Gasteiger charge is 2.26. The second kappa shape index (κ2) is 6.33. The monoisotopic (exact) mass is 291 g/mol. The lowest BCUT2D eigenvalue weighted by Crippen LogP contribution is -2.42. The number of alkyl carbamates (subject to hydrolysis) is 1. The number of carbonyl (C=O) groups is 1. The summed E-state index contributed by atoms with van der Waals surface area (Å²) in [6.07, 6.45) is 3.66. The average Bonchev–Trinajstić information content (AvgIpc) is 2.82. The summed E-state index contributed by atoms with van der Waals surface area (Å²) in [5.74, 6) is 0.989. The van der Waals surface area contributed by atoms with Crippen LogP contribution >= 0.6 is 0 Å². The molecule has 5 nitrogen and oxygen atoms in total. The molecule has 1 saturated heterocycles. The Morgan fingerprint density at radius 1 is 1.52 bits per heavy atom. The van der Waals surface area contributed by atoms with Gasteiger partial charge in [0.2, 0.25) is 0 Å². The molecule has 1 N–H and O–H groups in total. The van der Waals surface area contributed by atoms with Crippen molar-refractivity contribution in [3.8, 4) is 0 Å². The lowest BCUT2D eigenvalue weighted by atomic mass is 10.2. The predicted octanol–water partition coefficient (Wildman–Crippen LogP) is 2.88. The first-order chi connectivity index (χ1) is 9.85. The Morgan fingerprint density at radius 3 is 2.95 bits per heavy atom. The van der Waals surface area contributed by atoms with Gasteiger partial charge >= 0.3 is 6.09 Å². The molecule has 116 valence electrons. The molecule has 21 heavy (non-hydrogen) atoms. The van der Waals surface area contributed by atoms with E-state index in [9.17, 15) is 4.79 Å². The second-order valence-corrected chi connectivity index (χ2v) is 6.56. The van der Waals surface area contributed by atoms with Crippen molar-refractivity contribution in [1.82, 2.24) is 10.3 Å². The fraction of sp³-hybridized carbons (Fsp3) is 0.625. The topological polar surface area (TPSA) is 54.5 Å². The molecule has 2 heterocycles. The van der Waals surface area contributed by atoms with Gasteiger partial charge in [-0.05, 0) is 58.2 Å². The first-order valence-electron chi connectivity index (χ1n) is 7.51. The van der Waals surface area contributed by atoms with E-state index in [2.05, 4.69) is 28.2 Å². The Labute approximate surface area is 126 Å². The molecule has 0 saturated carbocycles. The number of aromatic nitrogens is 1. The van der Waals surface area contributed by atoms with Crippen LogP contribution in [-0.2, 0) is 4.74 Å². The number of aryl methyl sites for hydroxylation is 1. The van der Waals surface area contributed by atoms with Crippen LogP contribution in [0.25, 0.3) is 0 Å². The molecule has 1 aliphatic rings. The summed E-state index contributed by atoms with van der Waals surface area (Å²) in [6, 6.07) is 4.37. The van der Waals surface area contributed by atoms with Crippen LogP contribution in [0.1, 0.15) is 39.2 Å². The van der Waals surface area contributed by atoms with Crippen LogP contribution in [0.3, 0.4) is 0 Å². The number of pyridine rings is 1. The Bertz CT molecular complexity index is 497. The van der Waals surface area contributed by atoms with Crippen molar-refractivity contribution in [2.45, 2.75) is 52.2 Å². The fourth-order valence-corrected chi connectivity index (χ4v) is 2.54. The SMILES string of the molecule is Cc1ccnc(N2CCCC2CNC(=O)OC(C)(C)C)c1. The molecule has 0 aliphatic carbocycles. The third-order valence-corrected chi connectivity index (χ3v) is 3.45. The zero-order valence-electron chi connectivity index (χ0n) is 13.3. The number of carbonyl (C=O) groups excluding carboxylic acids is 1. The smallest absolute Gasteiger partial charge is 0.407 e. The zero-order valence-corrected chi connectivity index (χ0v) is 13.3. The summed E-state index contributed by atoms with van der Waals surface area (Å²) in [5, 5.41) is 2.86. The van der Waals surface area contributed by atoms with E-state index in [1.165, 1.54) is 5.56 Å². The Balaban J connectivity index is 1.92. The lowest BCUT2D eigenvalue weighted by Gasteiger charge is -2.27. The van der Waals surface area contributed by atoms with Gasteiger partial charge in [0.25, 0.3) is 0 Å². The maximum Gasteiger partial charge on any atom is 0.407 e. The number of hydrogen-bond acceptors (Lipinski definition) is 4. The summed E-state index contributed by atoms with van der Waals surface area (Å²) >= 11 is 0. The van der Waals surface area contributed by atoms with Crippen LogP contribution in [0.15, 0.2) is 18.3 Å². The van der Waals surface area contributed by atoms with Crippen molar-refractivity contribution in [3.63, 3.8) is 0 Å². The molecule has 0 spiro atoms. The number of hydrogen-bond donors (Lipinski definition) is 1. The number of nitrogens with one attached hydrogen (secondary N) is 1. The van der Waals surface area contributed by atoms with Gasteiger partial charge in [-0.25, -0.2) is 9.78 Å². The van der Waals surface area contributed by atoms with Gasteiger partial charge in [0, 0.05) is 25.3 Å². The van der Waals surface area contributed by atoms with E-state index in [4.69, 9.17) is 4.74 Å². The zero-order chi connectivity index (χ0) is 15.5. The molecule has 1 fully saturated rings. The molecule has 1 aromatic rings. The molecule has 0 radical (unpaired) electrons. The highest BCUT2D eigenvalue weighted by Crippen LogP contribution is 2.23. The van der Waals surface area contributed by atoms with Crippen LogP contribution in [0, 0.1) is 6.92 Å². The van der Waals surface area contributed by atoms with Crippen LogP contribution < -0.4 is 10.2 Å². The molecule has 0 aromatic carbocycles. The van der Waals surface area contributed by atoms with E-state index in [1.54, 1.807) is 0 Å². The Hall–Kier alpha value is -1.78. The quantitative estimate of drug-likeness (QED) is 0.930. The molecule has 0 bridgehead atoms. The summed E-state index contributed by atoms with van der Waals surface area (Å²) in [4.78, 5) is 18.5. The Morgan fingerprint density at radius 2 is 2.29 bits per heavy atom. The standard InChI is InChI=1S/C16H25N3O2/c1-12-7-8-17-14(10-12)19-9-5-6-13(19)11-18-15(20)21-16(2,3)4/h7-8,10,13H,5-6,9,11H2,1-4H3,(H,18,20). The molecule has 1 aromatic heterocycles. The second-order valence-electron chi connectivity index (χ2n) is 6.56. The van der Waals surface area contributed by atoms with Gasteiger partial charge in [-0.1, -0.05) is 0 Å². The predicted molar refractivity (Wildman–Crippen MR) is 83.6 cm³/mol. The summed E-state index contributed by atoms with van der Waals surface area (Å²) < 4.78 is 5.27. The average molecular weight is 291 g/mol. The van der Waals surface area contributed by atoms with Gasteiger partial charge in [-0.15, -0.1) is 0 Å². The fourth-order valence-electron chi connectivity index (χ4n) is 2.54. The van der Waals surface area contributed by atoms with Gasteiger partial charge in [0.15, 0.2) is 0 Å². The van der Waals surface area contributed by atoms with Gasteiger partial charge in [0.1, 0.15) is 11.4 Å². The van der Waals surface area contributed by atoms with Crippen molar-refractivity contribution >= 4 is 11.9 Å². The first kappa shape index (κ1) is 15.6. The molecule has 1 unspecified atom stereocenters. The normalized spacial score (nSPS) is 18.7. The molecule has 2 rings (SSSR count). The van der Waals surface area contributed by atoms with Crippen LogP contribution in [0.2, 0.25) is 0 Å². The highest BCUT2D eigenvalue weighted by atomic mass is 16.6. The number of rotatable bonds is 3. The number of amides is 1. The first-order valence-corrected chi connectivity index (χ1v) is 7.51. The van der Waals surface area contributed by atoms with E-state index in [1.807, 2.05) is 33.0 Å². The van der Waals surface area contributed by atoms with Crippen molar-refractivity contribution in [2.75, 3.05) is 18.0 Å². The molecule has 1 atom stereocenters. The van der Waals surface area contributed by atoms with Crippen LogP contribution in [0.4, 0.5) is 10.6 Å². The summed E-state index contributed by atoms with van der Waals surface area (Å²) in [5.41, 5.74) is 0.739. The summed E-state index contributed by atoms with van der Waals surface area (Å²) in [7, 11) is 0.